The Morgan fingerprint density at radius 3 is 2.59 bits per heavy atom. The number of carbonyl (C=O) groups is 1. The summed E-state index contributed by atoms with van der Waals surface area (Å²) in [5.74, 6) is 0.530. The van der Waals surface area contributed by atoms with Crippen LogP contribution in [0.15, 0.2) is 30.3 Å². The lowest BCUT2D eigenvalue weighted by Crippen LogP contribution is -2.40. The number of para-hydroxylation sites is 1. The van der Waals surface area contributed by atoms with E-state index in [-0.39, 0.29) is 31.1 Å². The second kappa shape index (κ2) is 6.91. The van der Waals surface area contributed by atoms with Crippen LogP contribution in [0, 0.1) is 5.92 Å². The Morgan fingerprint density at radius 2 is 2.00 bits per heavy atom. The number of nitrogens with one attached hydrogen (secondary N) is 1. The molecule has 94 valence electrons. The summed E-state index contributed by atoms with van der Waals surface area (Å²) < 4.78 is 5.31. The first-order valence-corrected chi connectivity index (χ1v) is 5.71. The Labute approximate surface area is 102 Å². The average molecular weight is 237 g/mol. The van der Waals surface area contributed by atoms with Crippen molar-refractivity contribution in [1.29, 1.82) is 0 Å². The van der Waals surface area contributed by atoms with Crippen LogP contribution in [0.2, 0.25) is 0 Å². The highest BCUT2D eigenvalue weighted by Gasteiger charge is 2.13. The van der Waals surface area contributed by atoms with E-state index in [4.69, 9.17) is 9.84 Å². The zero-order valence-electron chi connectivity index (χ0n) is 10.2. The first-order chi connectivity index (χ1) is 8.13. The summed E-state index contributed by atoms with van der Waals surface area (Å²) in [5.41, 5.74) is 0. The van der Waals surface area contributed by atoms with Gasteiger partial charge in [-0.1, -0.05) is 25.1 Å². The molecule has 0 saturated carbocycles. The third-order valence-electron chi connectivity index (χ3n) is 2.64. The maximum atomic E-state index is 11.5. The summed E-state index contributed by atoms with van der Waals surface area (Å²) in [6.45, 7) is 3.79. The predicted octanol–water partition coefficient (Wildman–Crippen LogP) is 1.20. The highest BCUT2D eigenvalue weighted by atomic mass is 16.5. The van der Waals surface area contributed by atoms with Crippen molar-refractivity contribution in [3.8, 4) is 5.75 Å². The largest absolute Gasteiger partial charge is 0.484 e. The molecule has 2 unspecified atom stereocenters. The first kappa shape index (κ1) is 13.5. The Kier molecular flexibility index (Phi) is 5.49. The number of carbonyl (C=O) groups excluding carboxylic acids is 1. The molecule has 0 heterocycles. The van der Waals surface area contributed by atoms with E-state index < -0.39 is 0 Å². The number of aliphatic hydroxyl groups excluding tert-OH is 1. The molecule has 0 aliphatic rings. The van der Waals surface area contributed by atoms with E-state index in [1.165, 1.54) is 0 Å². The Hall–Kier alpha value is -1.55. The third-order valence-corrected chi connectivity index (χ3v) is 2.64. The Bertz CT molecular complexity index is 340. The fourth-order valence-electron chi connectivity index (χ4n) is 1.26. The molecule has 0 radical (unpaired) electrons. The van der Waals surface area contributed by atoms with Gasteiger partial charge in [-0.05, 0) is 25.0 Å². The molecule has 0 bridgehead atoms. The average Bonchev–Trinajstić information content (AvgIpc) is 2.36. The van der Waals surface area contributed by atoms with Crippen LogP contribution in [0.5, 0.6) is 5.75 Å². The lowest BCUT2D eigenvalue weighted by atomic mass is 10.1. The van der Waals surface area contributed by atoms with E-state index in [9.17, 15) is 4.79 Å². The summed E-state index contributed by atoms with van der Waals surface area (Å²) in [4.78, 5) is 11.5. The SMILES string of the molecule is CC(CO)C(C)NC(=O)COc1ccccc1. The van der Waals surface area contributed by atoms with Crippen molar-refractivity contribution in [3.63, 3.8) is 0 Å². The molecule has 1 rings (SSSR count). The highest BCUT2D eigenvalue weighted by Crippen LogP contribution is 2.07. The van der Waals surface area contributed by atoms with Gasteiger partial charge in [0.2, 0.25) is 0 Å². The first-order valence-electron chi connectivity index (χ1n) is 5.71. The van der Waals surface area contributed by atoms with Crippen LogP contribution in [-0.2, 0) is 4.79 Å². The van der Waals surface area contributed by atoms with Gasteiger partial charge in [0, 0.05) is 12.6 Å². The van der Waals surface area contributed by atoms with Crippen LogP contribution in [0.25, 0.3) is 0 Å². The summed E-state index contributed by atoms with van der Waals surface area (Å²) in [5, 5.41) is 11.7. The molecular formula is C13H19NO3. The van der Waals surface area contributed by atoms with Gasteiger partial charge < -0.3 is 15.2 Å². The van der Waals surface area contributed by atoms with E-state index >= 15 is 0 Å². The Balaban J connectivity index is 2.31. The van der Waals surface area contributed by atoms with Crippen LogP contribution in [-0.4, -0.2) is 30.3 Å². The number of aliphatic hydroxyl groups is 1. The smallest absolute Gasteiger partial charge is 0.258 e. The molecule has 4 nitrogen and oxygen atoms in total. The maximum absolute atomic E-state index is 11.5. The summed E-state index contributed by atoms with van der Waals surface area (Å²) >= 11 is 0. The molecule has 0 aliphatic heterocycles. The molecule has 1 amide bonds. The van der Waals surface area contributed by atoms with Crippen LogP contribution in [0.1, 0.15) is 13.8 Å². The van der Waals surface area contributed by atoms with Crippen molar-refractivity contribution in [2.75, 3.05) is 13.2 Å². The zero-order valence-corrected chi connectivity index (χ0v) is 10.2. The zero-order chi connectivity index (χ0) is 12.7. The van der Waals surface area contributed by atoms with Gasteiger partial charge in [0.15, 0.2) is 6.61 Å². The molecular weight excluding hydrogens is 218 g/mol. The van der Waals surface area contributed by atoms with Gasteiger partial charge in [0.25, 0.3) is 5.91 Å². The number of hydrogen-bond donors (Lipinski definition) is 2. The molecule has 2 atom stereocenters. The lowest BCUT2D eigenvalue weighted by Gasteiger charge is -2.19. The van der Waals surface area contributed by atoms with Gasteiger partial charge in [-0.15, -0.1) is 0 Å². The normalized spacial score (nSPS) is 13.8. The van der Waals surface area contributed by atoms with Crippen molar-refractivity contribution in [2.45, 2.75) is 19.9 Å². The van der Waals surface area contributed by atoms with E-state index in [1.807, 2.05) is 32.0 Å². The molecule has 0 spiro atoms. The maximum Gasteiger partial charge on any atom is 0.258 e. The topological polar surface area (TPSA) is 58.6 Å². The van der Waals surface area contributed by atoms with E-state index in [1.54, 1.807) is 12.1 Å². The summed E-state index contributed by atoms with van der Waals surface area (Å²) in [6, 6.07) is 9.12. The monoisotopic (exact) mass is 237 g/mol. The fourth-order valence-corrected chi connectivity index (χ4v) is 1.26. The molecule has 1 aromatic carbocycles. The minimum absolute atomic E-state index is 0.00744. The van der Waals surface area contributed by atoms with Crippen LogP contribution in [0.4, 0.5) is 0 Å². The molecule has 1 aromatic rings. The summed E-state index contributed by atoms with van der Waals surface area (Å²) in [7, 11) is 0. The standard InChI is InChI=1S/C13H19NO3/c1-10(8-15)11(2)14-13(16)9-17-12-6-4-3-5-7-12/h3-7,10-11,15H,8-9H2,1-2H3,(H,14,16). The second-order valence-corrected chi connectivity index (χ2v) is 4.12. The fraction of sp³-hybridized carbons (Fsp3) is 0.462. The van der Waals surface area contributed by atoms with Gasteiger partial charge in [-0.2, -0.15) is 0 Å². The van der Waals surface area contributed by atoms with Gasteiger partial charge in [0.05, 0.1) is 0 Å². The van der Waals surface area contributed by atoms with Crippen molar-refractivity contribution in [1.82, 2.24) is 5.32 Å². The predicted molar refractivity (Wildman–Crippen MR) is 65.8 cm³/mol. The van der Waals surface area contributed by atoms with E-state index in [2.05, 4.69) is 5.32 Å². The van der Waals surface area contributed by atoms with Gasteiger partial charge in [-0.3, -0.25) is 4.79 Å². The molecule has 0 saturated heterocycles. The second-order valence-electron chi connectivity index (χ2n) is 4.12. The number of ether oxygens (including phenoxy) is 1. The summed E-state index contributed by atoms with van der Waals surface area (Å²) in [6.07, 6.45) is 0. The minimum atomic E-state index is -0.179. The lowest BCUT2D eigenvalue weighted by molar-refractivity contribution is -0.124. The number of amides is 1. The molecule has 2 N–H and O–H groups in total. The van der Waals surface area contributed by atoms with E-state index in [0.717, 1.165) is 0 Å². The number of rotatable bonds is 6. The van der Waals surface area contributed by atoms with Crippen LogP contribution >= 0.6 is 0 Å². The molecule has 0 aromatic heterocycles. The van der Waals surface area contributed by atoms with Crippen molar-refractivity contribution in [2.24, 2.45) is 5.92 Å². The molecule has 0 fully saturated rings. The molecule has 17 heavy (non-hydrogen) atoms. The Morgan fingerprint density at radius 1 is 1.35 bits per heavy atom. The van der Waals surface area contributed by atoms with Crippen molar-refractivity contribution in [3.05, 3.63) is 30.3 Å². The third kappa shape index (κ3) is 4.87. The van der Waals surface area contributed by atoms with Crippen LogP contribution in [0.3, 0.4) is 0 Å². The molecule has 4 heteroatoms. The van der Waals surface area contributed by atoms with Gasteiger partial charge in [-0.25, -0.2) is 0 Å². The minimum Gasteiger partial charge on any atom is -0.484 e. The number of benzene rings is 1. The quantitative estimate of drug-likeness (QED) is 0.781. The van der Waals surface area contributed by atoms with E-state index in [0.29, 0.717) is 5.75 Å². The highest BCUT2D eigenvalue weighted by molar-refractivity contribution is 5.77. The van der Waals surface area contributed by atoms with Crippen LogP contribution < -0.4 is 10.1 Å². The number of hydrogen-bond acceptors (Lipinski definition) is 3. The van der Waals surface area contributed by atoms with Crippen molar-refractivity contribution < 1.29 is 14.6 Å². The van der Waals surface area contributed by atoms with Gasteiger partial charge in [0.1, 0.15) is 5.75 Å². The van der Waals surface area contributed by atoms with Crippen molar-refractivity contribution >= 4 is 5.91 Å². The molecule has 0 aliphatic carbocycles. The van der Waals surface area contributed by atoms with Gasteiger partial charge >= 0.3 is 0 Å².